The molecule has 0 aliphatic carbocycles. The van der Waals surface area contributed by atoms with Crippen LogP contribution in [0, 0.1) is 11.8 Å². The molecule has 10 nitrogen and oxygen atoms in total. The van der Waals surface area contributed by atoms with Crippen LogP contribution in [0.4, 0.5) is 5.69 Å². The van der Waals surface area contributed by atoms with Gasteiger partial charge in [0.1, 0.15) is 12.4 Å². The zero-order chi connectivity index (χ0) is 29.2. The van der Waals surface area contributed by atoms with Crippen LogP contribution in [0.25, 0.3) is 0 Å². The minimum absolute atomic E-state index is 0.0460. The van der Waals surface area contributed by atoms with Crippen LogP contribution in [0.1, 0.15) is 32.6 Å². The lowest BCUT2D eigenvalue weighted by Crippen LogP contribution is -2.46. The fraction of sp³-hybridized carbons (Fsp3) is 0.679. The molecule has 2 saturated heterocycles. The van der Waals surface area contributed by atoms with E-state index >= 15 is 0 Å². The van der Waals surface area contributed by atoms with E-state index in [1.54, 1.807) is 17.1 Å². The van der Waals surface area contributed by atoms with Crippen molar-refractivity contribution in [1.82, 2.24) is 23.5 Å². The third kappa shape index (κ3) is 10.8. The van der Waals surface area contributed by atoms with Crippen molar-refractivity contribution < 1.29 is 14.3 Å². The first-order chi connectivity index (χ1) is 19.8. The van der Waals surface area contributed by atoms with Crippen molar-refractivity contribution in [1.29, 1.82) is 0 Å². The van der Waals surface area contributed by atoms with Crippen molar-refractivity contribution in [2.75, 3.05) is 83.7 Å². The van der Waals surface area contributed by atoms with Crippen LogP contribution >= 0.6 is 46.1 Å². The molecule has 228 valence electrons. The van der Waals surface area contributed by atoms with Gasteiger partial charge in [-0.3, -0.25) is 14.6 Å². The number of carbonyl (C=O) groups is 2. The van der Waals surface area contributed by atoms with Crippen molar-refractivity contribution in [3.05, 3.63) is 28.2 Å². The summed E-state index contributed by atoms with van der Waals surface area (Å²) in [6.07, 6.45) is 3.31. The maximum Gasteiger partial charge on any atom is 0.245 e. The number of rotatable bonds is 12. The van der Waals surface area contributed by atoms with Crippen LogP contribution in [0.2, 0.25) is 10.0 Å². The molecule has 1 aromatic carbocycles. The van der Waals surface area contributed by atoms with Crippen LogP contribution in [0.5, 0.6) is 0 Å². The topological polar surface area (TPSA) is 92.8 Å². The molecule has 4 rings (SSSR count). The van der Waals surface area contributed by atoms with Gasteiger partial charge in [-0.05, 0) is 56.5 Å². The zero-order valence-electron chi connectivity index (χ0n) is 23.8. The summed E-state index contributed by atoms with van der Waals surface area (Å²) < 4.78 is 7.99. The van der Waals surface area contributed by atoms with E-state index < -0.39 is 0 Å². The second kappa shape index (κ2) is 16.6. The summed E-state index contributed by atoms with van der Waals surface area (Å²) in [5.74, 6) is 1.21. The predicted octanol–water partition coefficient (Wildman–Crippen LogP) is 3.47. The summed E-state index contributed by atoms with van der Waals surface area (Å²) in [5, 5.41) is 13.0. The van der Waals surface area contributed by atoms with Gasteiger partial charge in [0.2, 0.25) is 11.8 Å². The average Bonchev–Trinajstić information content (AvgIpc) is 3.32. The van der Waals surface area contributed by atoms with Crippen molar-refractivity contribution in [2.24, 2.45) is 16.9 Å². The Morgan fingerprint density at radius 1 is 1.05 bits per heavy atom. The number of piperidine rings is 1. The predicted molar refractivity (Wildman–Crippen MR) is 173 cm³/mol. The highest BCUT2D eigenvalue weighted by molar-refractivity contribution is 14.1. The molecule has 3 aliphatic heterocycles. The van der Waals surface area contributed by atoms with Crippen molar-refractivity contribution in [3.8, 4) is 0 Å². The lowest BCUT2D eigenvalue weighted by atomic mass is 9.96. The summed E-state index contributed by atoms with van der Waals surface area (Å²) in [5.41, 5.74) is 0.821. The number of carbonyl (C=O) groups excluding carboxylic acids is 2. The van der Waals surface area contributed by atoms with Crippen molar-refractivity contribution in [3.63, 3.8) is 0 Å². The normalized spacial score (nSPS) is 21.2. The lowest BCUT2D eigenvalue weighted by Gasteiger charge is -2.37. The Hall–Kier alpha value is -1.22. The highest BCUT2D eigenvalue weighted by Gasteiger charge is 2.26. The van der Waals surface area contributed by atoms with E-state index in [1.807, 2.05) is 13.0 Å². The number of anilines is 1. The maximum absolute atomic E-state index is 12.4. The Labute approximate surface area is 267 Å². The molecule has 13 heteroatoms. The number of halogens is 3. The Bertz CT molecular complexity index is 1050. The monoisotopic (exact) mass is 721 g/mol. The molecule has 41 heavy (non-hydrogen) atoms. The molecule has 1 atom stereocenters. The number of likely N-dealkylation sites (tertiary alicyclic amines) is 1. The molecule has 1 unspecified atom stereocenters. The van der Waals surface area contributed by atoms with E-state index in [0.717, 1.165) is 44.3 Å². The van der Waals surface area contributed by atoms with Crippen LogP contribution in [0.15, 0.2) is 23.3 Å². The first-order valence-corrected chi connectivity index (χ1v) is 16.3. The number of hydrazone groups is 1. The number of hydrogen-bond acceptors (Lipinski definition) is 8. The molecule has 0 aromatic heterocycles. The van der Waals surface area contributed by atoms with Gasteiger partial charge >= 0.3 is 0 Å². The second-order valence-electron chi connectivity index (χ2n) is 11.1. The average molecular weight is 723 g/mol. The van der Waals surface area contributed by atoms with Gasteiger partial charge in [0, 0.05) is 81.0 Å². The zero-order valence-corrected chi connectivity index (χ0v) is 27.5. The first-order valence-electron chi connectivity index (χ1n) is 14.6. The van der Waals surface area contributed by atoms with Gasteiger partial charge in [-0.2, -0.15) is 5.10 Å². The maximum atomic E-state index is 12.4. The van der Waals surface area contributed by atoms with Crippen LogP contribution in [-0.4, -0.2) is 109 Å². The van der Waals surface area contributed by atoms with E-state index in [1.165, 1.54) is 32.5 Å². The fourth-order valence-corrected chi connectivity index (χ4v) is 6.05. The van der Waals surface area contributed by atoms with Gasteiger partial charge in [-0.15, -0.1) is 0 Å². The largest absolute Gasteiger partial charge is 0.370 e. The minimum atomic E-state index is -0.151. The number of nitrogens with zero attached hydrogens (tertiary/aromatic N) is 5. The molecule has 0 spiro atoms. The van der Waals surface area contributed by atoms with E-state index in [0.29, 0.717) is 48.4 Å². The molecule has 3 heterocycles. The van der Waals surface area contributed by atoms with Gasteiger partial charge < -0.3 is 25.2 Å². The summed E-state index contributed by atoms with van der Waals surface area (Å²) in [6, 6.07) is 5.34. The molecule has 2 amide bonds. The molecular weight excluding hydrogens is 680 g/mol. The van der Waals surface area contributed by atoms with Gasteiger partial charge in [-0.25, -0.2) is 3.11 Å². The first kappa shape index (κ1) is 32.7. The van der Waals surface area contributed by atoms with Crippen LogP contribution in [-0.2, 0) is 14.3 Å². The lowest BCUT2D eigenvalue weighted by molar-refractivity contribution is -0.126. The number of amidine groups is 1. The molecule has 1 aromatic rings. The van der Waals surface area contributed by atoms with Gasteiger partial charge in [-0.1, -0.05) is 30.1 Å². The number of ether oxygens (including phenoxy) is 1. The number of amides is 2. The van der Waals surface area contributed by atoms with Gasteiger partial charge in [0.05, 0.1) is 28.9 Å². The Balaban J connectivity index is 1.01. The SMILES string of the molecule is CC1CN(c2ccc(Cl)c(Cl)c2)N=C1NC(=O)CCCNC(=O)COCCN1CCC(CN2CCN(I)CC2)CC1. The van der Waals surface area contributed by atoms with Gasteiger partial charge in [0.25, 0.3) is 0 Å². The molecule has 2 N–H and O–H groups in total. The molecule has 2 fully saturated rings. The Morgan fingerprint density at radius 3 is 2.54 bits per heavy atom. The molecular formula is C28H42Cl2IN7O3. The number of benzene rings is 1. The Morgan fingerprint density at radius 2 is 1.80 bits per heavy atom. The fourth-order valence-electron chi connectivity index (χ4n) is 5.33. The smallest absolute Gasteiger partial charge is 0.245 e. The summed E-state index contributed by atoms with van der Waals surface area (Å²) in [7, 11) is 0. The highest BCUT2D eigenvalue weighted by Crippen LogP contribution is 2.29. The van der Waals surface area contributed by atoms with Crippen molar-refractivity contribution in [2.45, 2.75) is 32.6 Å². The number of piperazine rings is 1. The third-order valence-electron chi connectivity index (χ3n) is 7.84. The van der Waals surface area contributed by atoms with Crippen LogP contribution < -0.4 is 15.6 Å². The van der Waals surface area contributed by atoms with Crippen LogP contribution in [0.3, 0.4) is 0 Å². The molecule has 3 aliphatic rings. The minimum Gasteiger partial charge on any atom is -0.370 e. The molecule has 0 radical (unpaired) electrons. The molecule has 0 saturated carbocycles. The van der Waals surface area contributed by atoms with Gasteiger partial charge in [0.15, 0.2) is 0 Å². The third-order valence-corrected chi connectivity index (χ3v) is 9.54. The van der Waals surface area contributed by atoms with Crippen molar-refractivity contribution >= 4 is 69.4 Å². The standard InChI is InChI=1S/C28H42Cl2IN7O3/c1-21-18-38(23-4-5-24(29)25(30)17-23)34-28(21)33-26(39)3-2-8-32-27(40)20-41-16-15-35-9-6-22(7-10-35)19-36-11-13-37(31)14-12-36/h4-5,17,21-22H,2-3,6-16,18-20H2,1H3,(H,32,40)(H,33,34,39). The highest BCUT2D eigenvalue weighted by atomic mass is 127. The molecule has 0 bridgehead atoms. The second-order valence-corrected chi connectivity index (χ2v) is 13.3. The quantitative estimate of drug-likeness (QED) is 0.194. The summed E-state index contributed by atoms with van der Waals surface area (Å²) >= 11 is 14.5. The Kier molecular flexibility index (Phi) is 13.2. The summed E-state index contributed by atoms with van der Waals surface area (Å²) in [4.78, 5) is 29.6. The van der Waals surface area contributed by atoms with E-state index in [-0.39, 0.29) is 24.3 Å². The number of hydrogen-bond donors (Lipinski definition) is 2. The van der Waals surface area contributed by atoms with E-state index in [4.69, 9.17) is 27.9 Å². The van der Waals surface area contributed by atoms with E-state index in [2.05, 4.69) is 51.5 Å². The summed E-state index contributed by atoms with van der Waals surface area (Å²) in [6.45, 7) is 12.7. The number of nitrogens with one attached hydrogen (secondary N) is 2. The van der Waals surface area contributed by atoms with E-state index in [9.17, 15) is 9.59 Å².